The zero-order chi connectivity index (χ0) is 34.9. The second-order valence-electron chi connectivity index (χ2n) is 12.3. The Morgan fingerprint density at radius 2 is 1.92 bits per heavy atom. The zero-order valence-corrected chi connectivity index (χ0v) is 27.4. The van der Waals surface area contributed by atoms with E-state index in [0.29, 0.717) is 36.8 Å². The standard InChI is InChI=1S/C34H37F4N7O4/c1-4-6-11-48-33(47)41-24-16-44(17-24)32-28(35)8-7-23(40-32)14-22-19-49-30-25(27-18-45(5-2)42-31(27)34(36,37)38)12-21(13-26(30)29(22)46)15-43-10-9-39-20(43)3/h7-10,12-13,18,22,24H,4-6,11,14-17,19H2,1-3H3,(H,41,47)/t22-/m0/s1. The Hall–Kier alpha value is -4.95. The number of anilines is 1. The van der Waals surface area contributed by atoms with Crippen LogP contribution >= 0.6 is 0 Å². The molecule has 1 aromatic carbocycles. The van der Waals surface area contributed by atoms with Crippen molar-refractivity contribution < 1.29 is 36.6 Å². The monoisotopic (exact) mass is 683 g/mol. The highest BCUT2D eigenvalue weighted by Gasteiger charge is 2.40. The summed E-state index contributed by atoms with van der Waals surface area (Å²) in [5.41, 5.74) is 0.0755. The highest BCUT2D eigenvalue weighted by molar-refractivity contribution is 6.04. The third-order valence-electron chi connectivity index (χ3n) is 8.71. The number of aromatic nitrogens is 5. The highest BCUT2D eigenvalue weighted by Crippen LogP contribution is 2.44. The molecule has 5 heterocycles. The van der Waals surface area contributed by atoms with Gasteiger partial charge in [-0.15, -0.1) is 0 Å². The number of halogens is 4. The van der Waals surface area contributed by atoms with Crippen LogP contribution in [-0.4, -0.2) is 68.5 Å². The zero-order valence-electron chi connectivity index (χ0n) is 27.4. The number of amides is 1. The van der Waals surface area contributed by atoms with Crippen molar-refractivity contribution in [2.45, 2.75) is 65.3 Å². The number of carbonyl (C=O) groups excluding carboxylic acids is 2. The van der Waals surface area contributed by atoms with Crippen molar-refractivity contribution in [2.75, 3.05) is 31.2 Å². The van der Waals surface area contributed by atoms with Gasteiger partial charge < -0.3 is 24.3 Å². The van der Waals surface area contributed by atoms with Crippen LogP contribution in [0.15, 0.2) is 42.9 Å². The van der Waals surface area contributed by atoms with Gasteiger partial charge in [-0.3, -0.25) is 9.48 Å². The number of Topliss-reactive ketones (excluding diaryl/α,β-unsaturated/α-hetero) is 1. The number of nitrogens with one attached hydrogen (secondary N) is 1. The van der Waals surface area contributed by atoms with Crippen LogP contribution in [0.2, 0.25) is 0 Å². The van der Waals surface area contributed by atoms with Crippen molar-refractivity contribution in [2.24, 2.45) is 5.92 Å². The summed E-state index contributed by atoms with van der Waals surface area (Å²) in [7, 11) is 0. The molecule has 260 valence electrons. The summed E-state index contributed by atoms with van der Waals surface area (Å²) in [6, 6.07) is 5.81. The number of nitrogens with zero attached hydrogens (tertiary/aromatic N) is 6. The number of aryl methyl sites for hydroxylation is 2. The molecule has 0 saturated carbocycles. The minimum absolute atomic E-state index is 0.0635. The van der Waals surface area contributed by atoms with E-state index >= 15 is 0 Å². The van der Waals surface area contributed by atoms with Gasteiger partial charge in [0, 0.05) is 68.0 Å². The van der Waals surface area contributed by atoms with E-state index in [4.69, 9.17) is 9.47 Å². The lowest BCUT2D eigenvalue weighted by atomic mass is 9.87. The van der Waals surface area contributed by atoms with Crippen LogP contribution in [-0.2, 0) is 30.4 Å². The molecule has 2 aliphatic rings. The van der Waals surface area contributed by atoms with Gasteiger partial charge in [-0.25, -0.2) is 19.2 Å². The molecule has 0 bridgehead atoms. The minimum atomic E-state index is -4.74. The first-order valence-corrected chi connectivity index (χ1v) is 16.2. The highest BCUT2D eigenvalue weighted by atomic mass is 19.4. The number of pyridine rings is 1. The molecular weight excluding hydrogens is 646 g/mol. The van der Waals surface area contributed by atoms with Gasteiger partial charge >= 0.3 is 12.3 Å². The van der Waals surface area contributed by atoms with E-state index in [1.165, 1.54) is 23.0 Å². The number of imidazole rings is 1. The number of rotatable bonds is 11. The van der Waals surface area contributed by atoms with Gasteiger partial charge in [0.25, 0.3) is 0 Å². The lowest BCUT2D eigenvalue weighted by molar-refractivity contribution is -0.141. The minimum Gasteiger partial charge on any atom is -0.491 e. The van der Waals surface area contributed by atoms with Gasteiger partial charge in [-0.05, 0) is 50.1 Å². The quantitative estimate of drug-likeness (QED) is 0.155. The van der Waals surface area contributed by atoms with Crippen LogP contribution in [0.3, 0.4) is 0 Å². The van der Waals surface area contributed by atoms with Gasteiger partial charge in [0.1, 0.15) is 11.6 Å². The van der Waals surface area contributed by atoms with Crippen LogP contribution in [0.4, 0.5) is 28.2 Å². The molecule has 0 spiro atoms. The van der Waals surface area contributed by atoms with Gasteiger partial charge in [-0.1, -0.05) is 13.3 Å². The van der Waals surface area contributed by atoms with E-state index in [1.54, 1.807) is 43.3 Å². The van der Waals surface area contributed by atoms with Crippen LogP contribution in [0.1, 0.15) is 59.8 Å². The topological polar surface area (TPSA) is 116 Å². The molecule has 0 radical (unpaired) electrons. The molecule has 15 heteroatoms. The second kappa shape index (κ2) is 13.9. The maximum atomic E-state index is 14.9. The molecule has 2 aliphatic heterocycles. The molecule has 1 saturated heterocycles. The average Bonchev–Trinajstić information content (AvgIpc) is 3.67. The number of carbonyl (C=O) groups is 2. The van der Waals surface area contributed by atoms with Crippen LogP contribution < -0.4 is 15.0 Å². The summed E-state index contributed by atoms with van der Waals surface area (Å²) in [4.78, 5) is 36.4. The summed E-state index contributed by atoms with van der Waals surface area (Å²) in [6.07, 6.45) is 1.22. The van der Waals surface area contributed by atoms with Crippen molar-refractivity contribution in [1.82, 2.24) is 29.6 Å². The second-order valence-corrected chi connectivity index (χ2v) is 12.3. The largest absolute Gasteiger partial charge is 0.491 e. The average molecular weight is 684 g/mol. The van der Waals surface area contributed by atoms with Gasteiger partial charge in [0.05, 0.1) is 30.7 Å². The maximum Gasteiger partial charge on any atom is 0.435 e. The molecule has 1 N–H and O–H groups in total. The Morgan fingerprint density at radius 1 is 1.14 bits per heavy atom. The van der Waals surface area contributed by atoms with Crippen molar-refractivity contribution >= 4 is 17.7 Å². The number of benzene rings is 1. The van der Waals surface area contributed by atoms with Crippen molar-refractivity contribution in [1.29, 1.82) is 0 Å². The number of alkyl halides is 3. The number of ether oxygens (including phenoxy) is 2. The first-order valence-electron chi connectivity index (χ1n) is 16.2. The summed E-state index contributed by atoms with van der Waals surface area (Å²) in [6.45, 7) is 6.87. The van der Waals surface area contributed by atoms with Gasteiger partial charge in [-0.2, -0.15) is 18.3 Å². The molecule has 11 nitrogen and oxygen atoms in total. The van der Waals surface area contributed by atoms with E-state index in [2.05, 4.69) is 20.4 Å². The fourth-order valence-electron chi connectivity index (χ4n) is 6.03. The Kier molecular flexibility index (Phi) is 9.61. The van der Waals surface area contributed by atoms with Gasteiger partial charge in [0.15, 0.2) is 23.1 Å². The molecule has 49 heavy (non-hydrogen) atoms. The fourth-order valence-corrected chi connectivity index (χ4v) is 6.03. The molecule has 4 aromatic rings. The number of unbranched alkanes of at least 4 members (excludes halogenated alkanes) is 1. The molecule has 1 atom stereocenters. The molecule has 0 unspecified atom stereocenters. The number of fused-ring (bicyclic) bond motifs is 1. The van der Waals surface area contributed by atoms with Crippen LogP contribution in [0, 0.1) is 18.7 Å². The Labute approximate surface area is 280 Å². The van der Waals surface area contributed by atoms with E-state index in [1.807, 2.05) is 11.5 Å². The first kappa shape index (κ1) is 33.9. The summed E-state index contributed by atoms with van der Waals surface area (Å²) >= 11 is 0. The predicted molar refractivity (Wildman–Crippen MR) is 171 cm³/mol. The Balaban J connectivity index is 1.25. The van der Waals surface area contributed by atoms with Crippen molar-refractivity contribution in [3.8, 4) is 16.9 Å². The van der Waals surface area contributed by atoms with E-state index in [0.717, 1.165) is 12.8 Å². The predicted octanol–water partition coefficient (Wildman–Crippen LogP) is 5.83. The van der Waals surface area contributed by atoms with E-state index in [9.17, 15) is 27.2 Å². The SMILES string of the molecule is CCCCOC(=O)NC1CN(c2nc(C[C@H]3COc4c(cc(Cn5ccnc5C)cc4-c4cn(CC)nc4C(F)(F)F)C3=O)ccc2F)C1. The lowest BCUT2D eigenvalue weighted by Crippen LogP contribution is -2.60. The lowest BCUT2D eigenvalue weighted by Gasteiger charge is -2.40. The smallest absolute Gasteiger partial charge is 0.435 e. The number of hydrogen-bond acceptors (Lipinski definition) is 8. The van der Waals surface area contributed by atoms with Crippen LogP contribution in [0.5, 0.6) is 5.75 Å². The Bertz CT molecular complexity index is 1850. The van der Waals surface area contributed by atoms with E-state index in [-0.39, 0.29) is 66.2 Å². The maximum absolute atomic E-state index is 14.9. The normalized spacial score (nSPS) is 16.3. The van der Waals surface area contributed by atoms with Crippen molar-refractivity contribution in [3.63, 3.8) is 0 Å². The molecule has 3 aromatic heterocycles. The van der Waals surface area contributed by atoms with Gasteiger partial charge in [0.2, 0.25) is 0 Å². The third-order valence-corrected chi connectivity index (χ3v) is 8.71. The number of hydrogen-bond donors (Lipinski definition) is 1. The molecule has 0 aliphatic carbocycles. The molecule has 1 amide bonds. The summed E-state index contributed by atoms with van der Waals surface area (Å²) in [5.74, 6) is -0.711. The number of ketones is 1. The van der Waals surface area contributed by atoms with Crippen molar-refractivity contribution in [3.05, 3.63) is 77.0 Å². The summed E-state index contributed by atoms with van der Waals surface area (Å²) < 4.78 is 71.7. The fraction of sp³-hybridized carbons (Fsp3) is 0.441. The molecule has 6 rings (SSSR count). The van der Waals surface area contributed by atoms with Crippen LogP contribution in [0.25, 0.3) is 11.1 Å². The summed E-state index contributed by atoms with van der Waals surface area (Å²) in [5, 5.41) is 6.53. The first-order chi connectivity index (χ1) is 23.4. The third kappa shape index (κ3) is 7.25. The van der Waals surface area contributed by atoms with E-state index < -0.39 is 29.7 Å². The number of alkyl carbamates (subject to hydrolysis) is 1. The molecular formula is C34H37F4N7O4. The molecule has 1 fully saturated rings. The Morgan fingerprint density at radius 3 is 2.61 bits per heavy atom.